The van der Waals surface area contributed by atoms with E-state index < -0.39 is 0 Å². The third kappa shape index (κ3) is 8.93. The van der Waals surface area contributed by atoms with Gasteiger partial charge in [0.1, 0.15) is 0 Å². The first-order valence-electron chi connectivity index (χ1n) is 5.08. The highest BCUT2D eigenvalue weighted by Crippen LogP contribution is 1.98. The lowest BCUT2D eigenvalue weighted by atomic mass is 10.1. The van der Waals surface area contributed by atoms with E-state index in [4.69, 9.17) is 4.74 Å². The van der Waals surface area contributed by atoms with Gasteiger partial charge in [0.25, 0.3) is 11.8 Å². The quantitative estimate of drug-likeness (QED) is 0.571. The molecule has 0 aromatic carbocycles. The van der Waals surface area contributed by atoms with Crippen molar-refractivity contribution in [3.63, 3.8) is 0 Å². The van der Waals surface area contributed by atoms with Crippen molar-refractivity contribution < 1.29 is 19.1 Å². The molecule has 0 saturated carbocycles. The first-order valence-corrected chi connectivity index (χ1v) is 5.08. The van der Waals surface area contributed by atoms with Gasteiger partial charge >= 0.3 is 5.97 Å². The second-order valence-corrected chi connectivity index (χ2v) is 3.71. The zero-order valence-electron chi connectivity index (χ0n) is 9.78. The average molecular weight is 227 g/mol. The summed E-state index contributed by atoms with van der Waals surface area (Å²) >= 11 is 0. The molecule has 0 bridgehead atoms. The molecule has 1 rings (SSSR count). The van der Waals surface area contributed by atoms with Crippen LogP contribution >= 0.6 is 0 Å². The van der Waals surface area contributed by atoms with Crippen LogP contribution in [0.15, 0.2) is 12.2 Å². The molecule has 0 aliphatic carbocycles. The van der Waals surface area contributed by atoms with Crippen LogP contribution in [-0.2, 0) is 19.1 Å². The Hall–Kier alpha value is -1.65. The molecular formula is C11H17NO4. The topological polar surface area (TPSA) is 72.5 Å². The Bertz CT molecular complexity index is 278. The van der Waals surface area contributed by atoms with Gasteiger partial charge in [-0.25, -0.2) is 0 Å². The Balaban J connectivity index is 0.000000288. The van der Waals surface area contributed by atoms with Crippen LogP contribution in [0.1, 0.15) is 27.2 Å². The second kappa shape index (κ2) is 7.62. The zero-order valence-corrected chi connectivity index (χ0v) is 9.78. The number of nitrogens with one attached hydrogen (secondary N) is 1. The van der Waals surface area contributed by atoms with Crippen LogP contribution in [0.2, 0.25) is 0 Å². The van der Waals surface area contributed by atoms with Crippen molar-refractivity contribution >= 4 is 17.8 Å². The first-order chi connectivity index (χ1) is 7.41. The normalized spacial score (nSPS) is 13.2. The Morgan fingerprint density at radius 2 is 1.81 bits per heavy atom. The van der Waals surface area contributed by atoms with Gasteiger partial charge in [-0.3, -0.25) is 19.7 Å². The number of amides is 2. The number of hydrogen-bond donors (Lipinski definition) is 1. The number of hydrogen-bond acceptors (Lipinski definition) is 4. The van der Waals surface area contributed by atoms with E-state index in [1.807, 2.05) is 5.32 Å². The van der Waals surface area contributed by atoms with Crippen LogP contribution in [0.25, 0.3) is 0 Å². The molecule has 0 radical (unpaired) electrons. The Labute approximate surface area is 94.8 Å². The van der Waals surface area contributed by atoms with Gasteiger partial charge < -0.3 is 4.74 Å². The molecule has 0 atom stereocenters. The summed E-state index contributed by atoms with van der Waals surface area (Å²) in [6, 6.07) is 0. The molecule has 0 aromatic heterocycles. The molecule has 16 heavy (non-hydrogen) atoms. The van der Waals surface area contributed by atoms with Crippen LogP contribution in [0.5, 0.6) is 0 Å². The molecule has 0 saturated heterocycles. The van der Waals surface area contributed by atoms with Crippen molar-refractivity contribution in [1.82, 2.24) is 5.32 Å². The maximum atomic E-state index is 10.2. The van der Waals surface area contributed by atoms with E-state index in [1.165, 1.54) is 19.1 Å². The van der Waals surface area contributed by atoms with Crippen molar-refractivity contribution in [2.75, 3.05) is 6.61 Å². The lowest BCUT2D eigenvalue weighted by molar-refractivity contribution is -0.141. The number of rotatable bonds is 3. The van der Waals surface area contributed by atoms with Gasteiger partial charge in [-0.15, -0.1) is 0 Å². The fourth-order valence-corrected chi connectivity index (χ4v) is 0.794. The smallest absolute Gasteiger partial charge is 0.302 e. The van der Waals surface area contributed by atoms with E-state index in [0.29, 0.717) is 12.5 Å². The van der Waals surface area contributed by atoms with Gasteiger partial charge in [-0.05, 0) is 12.3 Å². The molecule has 1 aliphatic heterocycles. The van der Waals surface area contributed by atoms with Crippen LogP contribution in [0.4, 0.5) is 0 Å². The van der Waals surface area contributed by atoms with Crippen molar-refractivity contribution in [3.05, 3.63) is 12.2 Å². The highest BCUT2D eigenvalue weighted by atomic mass is 16.5. The summed E-state index contributed by atoms with van der Waals surface area (Å²) < 4.78 is 4.71. The van der Waals surface area contributed by atoms with Crippen LogP contribution < -0.4 is 5.32 Å². The highest BCUT2D eigenvalue weighted by Gasteiger charge is 2.06. The van der Waals surface area contributed by atoms with E-state index in [-0.39, 0.29) is 17.8 Å². The van der Waals surface area contributed by atoms with E-state index in [9.17, 15) is 14.4 Å². The molecule has 1 N–H and O–H groups in total. The molecule has 5 heteroatoms. The van der Waals surface area contributed by atoms with Crippen molar-refractivity contribution in [2.24, 2.45) is 5.92 Å². The minimum absolute atomic E-state index is 0.185. The zero-order chi connectivity index (χ0) is 12.6. The third-order valence-corrected chi connectivity index (χ3v) is 1.63. The predicted octanol–water partition coefficient (Wildman–Crippen LogP) is 0.795. The second-order valence-electron chi connectivity index (χ2n) is 3.71. The van der Waals surface area contributed by atoms with Crippen molar-refractivity contribution in [1.29, 1.82) is 0 Å². The summed E-state index contributed by atoms with van der Waals surface area (Å²) in [6.07, 6.45) is 3.35. The predicted molar refractivity (Wildman–Crippen MR) is 58.4 cm³/mol. The molecule has 1 heterocycles. The molecule has 2 amide bonds. The third-order valence-electron chi connectivity index (χ3n) is 1.63. The van der Waals surface area contributed by atoms with Crippen LogP contribution in [0, 0.1) is 5.92 Å². The molecule has 0 fully saturated rings. The molecule has 5 nitrogen and oxygen atoms in total. The van der Waals surface area contributed by atoms with E-state index in [2.05, 4.69) is 13.8 Å². The molecule has 1 aliphatic rings. The summed E-state index contributed by atoms with van der Waals surface area (Å²) in [4.78, 5) is 30.3. The van der Waals surface area contributed by atoms with Gasteiger partial charge in [0.15, 0.2) is 0 Å². The maximum absolute atomic E-state index is 10.2. The molecule has 0 aromatic rings. The number of imide groups is 1. The maximum Gasteiger partial charge on any atom is 0.302 e. The molecule has 0 spiro atoms. The summed E-state index contributed by atoms with van der Waals surface area (Å²) in [5, 5.41) is 2.03. The van der Waals surface area contributed by atoms with Crippen LogP contribution in [0.3, 0.4) is 0 Å². The molecule has 90 valence electrons. The highest BCUT2D eigenvalue weighted by molar-refractivity contribution is 6.12. The fourth-order valence-electron chi connectivity index (χ4n) is 0.794. The summed E-state index contributed by atoms with van der Waals surface area (Å²) in [5.74, 6) is -0.227. The number of ether oxygens (including phenoxy) is 1. The minimum Gasteiger partial charge on any atom is -0.466 e. The fraction of sp³-hybridized carbons (Fsp3) is 0.545. The Morgan fingerprint density at radius 3 is 2.06 bits per heavy atom. The largest absolute Gasteiger partial charge is 0.466 e. The summed E-state index contributed by atoms with van der Waals surface area (Å²) in [7, 11) is 0. The van der Waals surface area contributed by atoms with Gasteiger partial charge in [0, 0.05) is 19.1 Å². The molecular weight excluding hydrogens is 210 g/mol. The molecule has 0 unspecified atom stereocenters. The lowest BCUT2D eigenvalue weighted by Crippen LogP contribution is -2.19. The Morgan fingerprint density at radius 1 is 1.31 bits per heavy atom. The number of carbonyl (C=O) groups excluding carboxylic acids is 3. The minimum atomic E-state index is -0.329. The van der Waals surface area contributed by atoms with Gasteiger partial charge in [-0.1, -0.05) is 13.8 Å². The number of carbonyl (C=O) groups is 3. The SMILES string of the molecule is CC(=O)OCCC(C)C.O=C1C=CC(=O)N1. The monoisotopic (exact) mass is 227 g/mol. The van der Waals surface area contributed by atoms with Gasteiger partial charge in [0.05, 0.1) is 6.61 Å². The van der Waals surface area contributed by atoms with E-state index in [0.717, 1.165) is 6.42 Å². The summed E-state index contributed by atoms with van der Waals surface area (Å²) in [5.41, 5.74) is 0. The number of esters is 1. The van der Waals surface area contributed by atoms with E-state index >= 15 is 0 Å². The lowest BCUT2D eigenvalue weighted by Gasteiger charge is -2.02. The van der Waals surface area contributed by atoms with Crippen LogP contribution in [-0.4, -0.2) is 24.4 Å². The van der Waals surface area contributed by atoms with Gasteiger partial charge in [-0.2, -0.15) is 0 Å². The van der Waals surface area contributed by atoms with E-state index in [1.54, 1.807) is 0 Å². The Kier molecular flexibility index (Phi) is 6.83. The first kappa shape index (κ1) is 14.3. The van der Waals surface area contributed by atoms with Crippen molar-refractivity contribution in [2.45, 2.75) is 27.2 Å². The van der Waals surface area contributed by atoms with Crippen molar-refractivity contribution in [3.8, 4) is 0 Å². The van der Waals surface area contributed by atoms with Gasteiger partial charge in [0.2, 0.25) is 0 Å². The standard InChI is InChI=1S/C7H14O2.C4H3NO2/c1-6(2)4-5-9-7(3)8;6-3-1-2-4(7)5-3/h6H,4-5H2,1-3H3;1-2H,(H,5,6,7). The average Bonchev–Trinajstić information content (AvgIpc) is 2.49. The summed E-state index contributed by atoms with van der Waals surface area (Å²) in [6.45, 7) is 6.19.